The number of hydrogen-bond acceptors (Lipinski definition) is 3. The Labute approximate surface area is 97.2 Å². The van der Waals surface area contributed by atoms with E-state index in [0.29, 0.717) is 6.54 Å². The first-order valence-electron chi connectivity index (χ1n) is 5.92. The van der Waals surface area contributed by atoms with Crippen LogP contribution in [0.15, 0.2) is 18.2 Å². The van der Waals surface area contributed by atoms with Crippen molar-refractivity contribution < 1.29 is 4.74 Å². The Morgan fingerprint density at radius 1 is 1.31 bits per heavy atom. The van der Waals surface area contributed by atoms with Crippen molar-refractivity contribution in [2.75, 3.05) is 20.2 Å². The van der Waals surface area contributed by atoms with E-state index in [2.05, 4.69) is 11.0 Å². The van der Waals surface area contributed by atoms with Crippen LogP contribution in [0.1, 0.15) is 24.0 Å². The zero-order valence-corrected chi connectivity index (χ0v) is 9.91. The molecule has 1 fully saturated rings. The van der Waals surface area contributed by atoms with Crippen LogP contribution in [-0.2, 0) is 13.1 Å². The summed E-state index contributed by atoms with van der Waals surface area (Å²) < 4.78 is 5.42. The third kappa shape index (κ3) is 2.36. The molecule has 0 spiro atoms. The van der Waals surface area contributed by atoms with E-state index in [1.54, 1.807) is 7.11 Å². The molecular weight excluding hydrogens is 200 g/mol. The highest BCUT2D eigenvalue weighted by molar-refractivity contribution is 5.40. The number of likely N-dealkylation sites (tertiary alicyclic amines) is 1. The number of rotatable bonds is 4. The molecule has 0 bridgehead atoms. The van der Waals surface area contributed by atoms with Crippen LogP contribution in [0.4, 0.5) is 0 Å². The first-order valence-corrected chi connectivity index (χ1v) is 5.92. The van der Waals surface area contributed by atoms with E-state index in [9.17, 15) is 0 Å². The van der Waals surface area contributed by atoms with Crippen LogP contribution in [0.5, 0.6) is 5.75 Å². The van der Waals surface area contributed by atoms with Gasteiger partial charge in [0.2, 0.25) is 0 Å². The number of nitrogens with zero attached hydrogens (tertiary/aromatic N) is 1. The van der Waals surface area contributed by atoms with Crippen molar-refractivity contribution in [1.82, 2.24) is 4.90 Å². The van der Waals surface area contributed by atoms with E-state index < -0.39 is 0 Å². The Morgan fingerprint density at radius 3 is 2.69 bits per heavy atom. The molecule has 0 atom stereocenters. The minimum Gasteiger partial charge on any atom is -0.496 e. The van der Waals surface area contributed by atoms with Crippen LogP contribution in [0, 0.1) is 0 Å². The molecule has 0 unspecified atom stereocenters. The Kier molecular flexibility index (Phi) is 3.80. The van der Waals surface area contributed by atoms with Crippen molar-refractivity contribution in [3.63, 3.8) is 0 Å². The van der Waals surface area contributed by atoms with Gasteiger partial charge >= 0.3 is 0 Å². The highest BCUT2D eigenvalue weighted by Crippen LogP contribution is 2.25. The molecule has 1 aromatic rings. The summed E-state index contributed by atoms with van der Waals surface area (Å²) in [5.74, 6) is 0.967. The quantitative estimate of drug-likeness (QED) is 0.840. The molecule has 0 amide bonds. The zero-order chi connectivity index (χ0) is 11.4. The summed E-state index contributed by atoms with van der Waals surface area (Å²) in [6.07, 6.45) is 2.63. The SMILES string of the molecule is COc1cccc(CN)c1CN1CCCC1. The van der Waals surface area contributed by atoms with Crippen LogP contribution in [0.2, 0.25) is 0 Å². The third-order valence-corrected chi connectivity index (χ3v) is 3.25. The monoisotopic (exact) mass is 220 g/mol. The number of nitrogens with two attached hydrogens (primary N) is 1. The summed E-state index contributed by atoms with van der Waals surface area (Å²) >= 11 is 0. The van der Waals surface area contributed by atoms with E-state index >= 15 is 0 Å². The molecule has 1 aromatic carbocycles. The van der Waals surface area contributed by atoms with Gasteiger partial charge in [-0.15, -0.1) is 0 Å². The predicted octanol–water partition coefficient (Wildman–Crippen LogP) is 1.75. The van der Waals surface area contributed by atoms with Crippen molar-refractivity contribution >= 4 is 0 Å². The van der Waals surface area contributed by atoms with Gasteiger partial charge < -0.3 is 10.5 Å². The summed E-state index contributed by atoms with van der Waals surface area (Å²) in [4.78, 5) is 2.47. The normalized spacial score (nSPS) is 16.6. The van der Waals surface area contributed by atoms with Crippen LogP contribution in [0.3, 0.4) is 0 Å². The Bertz CT molecular complexity index is 324. The summed E-state index contributed by atoms with van der Waals surface area (Å²) in [6.45, 7) is 3.95. The predicted molar refractivity (Wildman–Crippen MR) is 65.4 cm³/mol. The summed E-state index contributed by atoms with van der Waals surface area (Å²) in [5.41, 5.74) is 8.23. The van der Waals surface area contributed by atoms with E-state index in [-0.39, 0.29) is 0 Å². The van der Waals surface area contributed by atoms with Gasteiger partial charge in [-0.1, -0.05) is 12.1 Å². The number of ether oxygens (including phenoxy) is 1. The van der Waals surface area contributed by atoms with Crippen molar-refractivity contribution in [2.45, 2.75) is 25.9 Å². The van der Waals surface area contributed by atoms with Gasteiger partial charge in [0.15, 0.2) is 0 Å². The second-order valence-electron chi connectivity index (χ2n) is 4.29. The van der Waals surface area contributed by atoms with E-state index in [4.69, 9.17) is 10.5 Å². The number of hydrogen-bond donors (Lipinski definition) is 1. The van der Waals surface area contributed by atoms with Gasteiger partial charge in [0.05, 0.1) is 7.11 Å². The average molecular weight is 220 g/mol. The lowest BCUT2D eigenvalue weighted by Crippen LogP contribution is -2.20. The smallest absolute Gasteiger partial charge is 0.123 e. The lowest BCUT2D eigenvalue weighted by molar-refractivity contribution is 0.319. The fraction of sp³-hybridized carbons (Fsp3) is 0.538. The second-order valence-corrected chi connectivity index (χ2v) is 4.29. The molecule has 88 valence electrons. The molecule has 3 nitrogen and oxygen atoms in total. The van der Waals surface area contributed by atoms with Crippen LogP contribution in [-0.4, -0.2) is 25.1 Å². The Balaban J connectivity index is 2.21. The molecule has 2 rings (SSSR count). The van der Waals surface area contributed by atoms with Gasteiger partial charge in [0.25, 0.3) is 0 Å². The maximum absolute atomic E-state index is 5.77. The topological polar surface area (TPSA) is 38.5 Å². The highest BCUT2D eigenvalue weighted by Gasteiger charge is 2.16. The molecular formula is C13H20N2O. The molecule has 1 heterocycles. The fourth-order valence-corrected chi connectivity index (χ4v) is 2.34. The second kappa shape index (κ2) is 5.32. The van der Waals surface area contributed by atoms with Crippen molar-refractivity contribution in [3.05, 3.63) is 29.3 Å². The fourth-order valence-electron chi connectivity index (χ4n) is 2.34. The van der Waals surface area contributed by atoms with Crippen molar-refractivity contribution in [3.8, 4) is 5.75 Å². The molecule has 2 N–H and O–H groups in total. The molecule has 3 heteroatoms. The first kappa shape index (κ1) is 11.4. The van der Waals surface area contributed by atoms with Crippen molar-refractivity contribution in [2.24, 2.45) is 5.73 Å². The van der Waals surface area contributed by atoms with E-state index in [1.165, 1.54) is 37.1 Å². The molecule has 0 aromatic heterocycles. The maximum atomic E-state index is 5.77. The largest absolute Gasteiger partial charge is 0.496 e. The first-order chi connectivity index (χ1) is 7.85. The Morgan fingerprint density at radius 2 is 2.06 bits per heavy atom. The average Bonchev–Trinajstić information content (AvgIpc) is 2.82. The van der Waals surface area contributed by atoms with Crippen molar-refractivity contribution in [1.29, 1.82) is 0 Å². The lowest BCUT2D eigenvalue weighted by atomic mass is 10.1. The van der Waals surface area contributed by atoms with Crippen LogP contribution < -0.4 is 10.5 Å². The van der Waals surface area contributed by atoms with Gasteiger partial charge in [-0.25, -0.2) is 0 Å². The van der Waals surface area contributed by atoms with Gasteiger partial charge in [-0.05, 0) is 37.6 Å². The van der Waals surface area contributed by atoms with Crippen LogP contribution >= 0.6 is 0 Å². The minimum absolute atomic E-state index is 0.584. The molecule has 1 aliphatic rings. The molecule has 16 heavy (non-hydrogen) atoms. The van der Waals surface area contributed by atoms with Gasteiger partial charge in [-0.3, -0.25) is 4.90 Å². The van der Waals surface area contributed by atoms with Crippen LogP contribution in [0.25, 0.3) is 0 Å². The molecule has 0 saturated carbocycles. The lowest BCUT2D eigenvalue weighted by Gasteiger charge is -2.19. The maximum Gasteiger partial charge on any atom is 0.123 e. The minimum atomic E-state index is 0.584. The number of methoxy groups -OCH3 is 1. The Hall–Kier alpha value is -1.06. The summed E-state index contributed by atoms with van der Waals surface area (Å²) in [6, 6.07) is 6.12. The summed E-state index contributed by atoms with van der Waals surface area (Å²) in [5, 5.41) is 0. The third-order valence-electron chi connectivity index (χ3n) is 3.25. The highest BCUT2D eigenvalue weighted by atomic mass is 16.5. The number of benzene rings is 1. The van der Waals surface area contributed by atoms with Gasteiger partial charge in [-0.2, -0.15) is 0 Å². The zero-order valence-electron chi connectivity index (χ0n) is 9.91. The summed E-state index contributed by atoms with van der Waals surface area (Å²) in [7, 11) is 1.73. The molecule has 1 saturated heterocycles. The molecule has 0 radical (unpaired) electrons. The van der Waals surface area contributed by atoms with Gasteiger partial charge in [0.1, 0.15) is 5.75 Å². The van der Waals surface area contributed by atoms with Gasteiger partial charge in [0, 0.05) is 18.7 Å². The standard InChI is InChI=1S/C13H20N2O/c1-16-13-6-4-5-11(9-14)12(13)10-15-7-2-3-8-15/h4-6H,2-3,7-10,14H2,1H3. The van der Waals surface area contributed by atoms with E-state index in [0.717, 1.165) is 12.3 Å². The molecule has 0 aliphatic carbocycles. The molecule has 1 aliphatic heterocycles. The van der Waals surface area contributed by atoms with E-state index in [1.807, 2.05) is 12.1 Å².